The molecule has 0 spiro atoms. The third-order valence-electron chi connectivity index (χ3n) is 3.99. The molecule has 2 heterocycles. The third kappa shape index (κ3) is 3.29. The molecule has 1 aromatic heterocycles. The lowest BCUT2D eigenvalue weighted by atomic mass is 10.1. The van der Waals surface area contributed by atoms with Crippen molar-refractivity contribution in [2.45, 2.75) is 20.0 Å². The van der Waals surface area contributed by atoms with Crippen LogP contribution in [-0.4, -0.2) is 24.1 Å². The van der Waals surface area contributed by atoms with Gasteiger partial charge in [-0.3, -0.25) is 0 Å². The van der Waals surface area contributed by atoms with Gasteiger partial charge in [0.1, 0.15) is 16.6 Å². The van der Waals surface area contributed by atoms with Crippen LogP contribution in [0, 0.1) is 24.2 Å². The van der Waals surface area contributed by atoms with E-state index in [2.05, 4.69) is 27.5 Å². The monoisotopic (exact) mass is 313 g/mol. The Bertz CT molecular complexity index is 662. The second kappa shape index (κ2) is 6.91. The van der Waals surface area contributed by atoms with Gasteiger partial charge in [0.05, 0.1) is 18.9 Å². The van der Waals surface area contributed by atoms with Crippen molar-refractivity contribution >= 4 is 16.5 Å². The zero-order valence-corrected chi connectivity index (χ0v) is 13.5. The highest BCUT2D eigenvalue weighted by Crippen LogP contribution is 2.32. The number of rotatable bonds is 5. The second-order valence-electron chi connectivity index (χ2n) is 5.66. The number of aromatic nitrogens is 1. The average Bonchev–Trinajstić information content (AvgIpc) is 3.14. The molecule has 1 atom stereocenters. The Kier molecular flexibility index (Phi) is 4.71. The van der Waals surface area contributed by atoms with E-state index in [-0.39, 0.29) is 0 Å². The van der Waals surface area contributed by atoms with Crippen molar-refractivity contribution in [1.82, 2.24) is 4.37 Å². The number of ether oxygens (including phenoxy) is 1. The Hall–Kier alpha value is -1.90. The smallest absolute Gasteiger partial charge is 0.130 e. The van der Waals surface area contributed by atoms with E-state index in [0.29, 0.717) is 12.5 Å². The van der Waals surface area contributed by atoms with Crippen molar-refractivity contribution in [3.8, 4) is 6.07 Å². The van der Waals surface area contributed by atoms with Crippen LogP contribution in [-0.2, 0) is 11.3 Å². The molecule has 0 radical (unpaired) electrons. The summed E-state index contributed by atoms with van der Waals surface area (Å²) >= 11 is 1.43. The van der Waals surface area contributed by atoms with E-state index in [1.807, 2.05) is 25.1 Å². The van der Waals surface area contributed by atoms with Crippen molar-refractivity contribution in [1.29, 1.82) is 5.26 Å². The first-order valence-electron chi connectivity index (χ1n) is 7.51. The third-order valence-corrected chi connectivity index (χ3v) is 5.00. The van der Waals surface area contributed by atoms with Crippen LogP contribution in [0.1, 0.15) is 23.2 Å². The van der Waals surface area contributed by atoms with Gasteiger partial charge in [0.2, 0.25) is 0 Å². The van der Waals surface area contributed by atoms with Crippen molar-refractivity contribution in [3.63, 3.8) is 0 Å². The Morgan fingerprint density at radius 3 is 3.00 bits per heavy atom. The number of hydrogen-bond acceptors (Lipinski definition) is 5. The number of nitriles is 1. The molecule has 3 rings (SSSR count). The molecule has 114 valence electrons. The van der Waals surface area contributed by atoms with Gasteiger partial charge in [0.25, 0.3) is 0 Å². The van der Waals surface area contributed by atoms with Gasteiger partial charge in [-0.25, -0.2) is 0 Å². The van der Waals surface area contributed by atoms with Crippen molar-refractivity contribution < 1.29 is 4.74 Å². The highest BCUT2D eigenvalue weighted by Gasteiger charge is 2.26. The largest absolute Gasteiger partial charge is 0.376 e. The van der Waals surface area contributed by atoms with Crippen molar-refractivity contribution in [2.75, 3.05) is 24.6 Å². The van der Waals surface area contributed by atoms with Crippen LogP contribution < -0.4 is 4.90 Å². The van der Waals surface area contributed by atoms with E-state index < -0.39 is 0 Å². The lowest BCUT2D eigenvalue weighted by Gasteiger charge is -2.16. The van der Waals surface area contributed by atoms with E-state index in [1.54, 1.807) is 0 Å². The summed E-state index contributed by atoms with van der Waals surface area (Å²) in [7, 11) is 0. The van der Waals surface area contributed by atoms with Crippen LogP contribution in [0.5, 0.6) is 0 Å². The number of benzene rings is 1. The molecule has 2 aromatic rings. The molecular formula is C17H19N3OS. The van der Waals surface area contributed by atoms with Gasteiger partial charge in [-0.1, -0.05) is 30.3 Å². The van der Waals surface area contributed by atoms with Crippen LogP contribution in [0.15, 0.2) is 30.3 Å². The molecule has 0 amide bonds. The summed E-state index contributed by atoms with van der Waals surface area (Å²) in [4.78, 5) is 2.28. The molecule has 0 saturated carbocycles. The van der Waals surface area contributed by atoms with Crippen LogP contribution in [0.25, 0.3) is 0 Å². The molecule has 4 nitrogen and oxygen atoms in total. The predicted molar refractivity (Wildman–Crippen MR) is 88.0 cm³/mol. The summed E-state index contributed by atoms with van der Waals surface area (Å²) in [5.74, 6) is 0.526. The quantitative estimate of drug-likeness (QED) is 0.849. The fourth-order valence-corrected chi connectivity index (χ4v) is 3.65. The fourth-order valence-electron chi connectivity index (χ4n) is 2.77. The number of hydrogen-bond donors (Lipinski definition) is 0. The van der Waals surface area contributed by atoms with Gasteiger partial charge < -0.3 is 9.64 Å². The molecule has 0 N–H and O–H groups in total. The normalized spacial score (nSPS) is 17.6. The van der Waals surface area contributed by atoms with Gasteiger partial charge in [0.15, 0.2) is 0 Å². The summed E-state index contributed by atoms with van der Waals surface area (Å²) in [5, 5.41) is 10.3. The minimum Gasteiger partial charge on any atom is -0.376 e. The van der Waals surface area contributed by atoms with Gasteiger partial charge in [-0.15, -0.1) is 0 Å². The summed E-state index contributed by atoms with van der Waals surface area (Å²) in [6, 6.07) is 12.5. The van der Waals surface area contributed by atoms with E-state index in [1.165, 1.54) is 17.1 Å². The van der Waals surface area contributed by atoms with Gasteiger partial charge in [0, 0.05) is 19.0 Å². The van der Waals surface area contributed by atoms with E-state index in [0.717, 1.165) is 42.4 Å². The number of anilines is 1. The molecule has 22 heavy (non-hydrogen) atoms. The molecule has 1 saturated heterocycles. The first-order valence-corrected chi connectivity index (χ1v) is 8.28. The molecule has 0 bridgehead atoms. The van der Waals surface area contributed by atoms with Crippen LogP contribution in [0.3, 0.4) is 0 Å². The van der Waals surface area contributed by atoms with Crippen LogP contribution >= 0.6 is 11.5 Å². The maximum atomic E-state index is 9.25. The highest BCUT2D eigenvalue weighted by molar-refractivity contribution is 7.10. The average molecular weight is 313 g/mol. The maximum absolute atomic E-state index is 9.25. The Balaban J connectivity index is 1.51. The standard InChI is InChI=1S/C17H19N3OS/c1-13-16(9-18)17(22-19-13)20-8-7-15(10-20)12-21-11-14-5-3-2-4-6-14/h2-6,15H,7-8,10-12H2,1H3/t15-/m1/s1. The molecule has 1 aliphatic rings. The highest BCUT2D eigenvalue weighted by atomic mass is 32.1. The molecule has 5 heteroatoms. The second-order valence-corrected chi connectivity index (χ2v) is 6.41. The molecular weight excluding hydrogens is 294 g/mol. The summed E-state index contributed by atoms with van der Waals surface area (Å²) < 4.78 is 10.2. The number of aryl methyl sites for hydroxylation is 1. The van der Waals surface area contributed by atoms with E-state index >= 15 is 0 Å². The van der Waals surface area contributed by atoms with E-state index in [9.17, 15) is 5.26 Å². The van der Waals surface area contributed by atoms with Gasteiger partial charge in [-0.2, -0.15) is 9.64 Å². The molecule has 1 aliphatic heterocycles. The Morgan fingerprint density at radius 1 is 1.41 bits per heavy atom. The molecule has 1 fully saturated rings. The van der Waals surface area contributed by atoms with Crippen LogP contribution in [0.2, 0.25) is 0 Å². The zero-order valence-electron chi connectivity index (χ0n) is 12.7. The molecule has 1 aromatic carbocycles. The molecule has 0 unspecified atom stereocenters. The summed E-state index contributed by atoms with van der Waals surface area (Å²) in [6.07, 6.45) is 1.11. The first-order chi connectivity index (χ1) is 10.8. The first kappa shape index (κ1) is 15.0. The lowest BCUT2D eigenvalue weighted by Crippen LogP contribution is -2.21. The minimum atomic E-state index is 0.526. The molecule has 0 aliphatic carbocycles. The lowest BCUT2D eigenvalue weighted by molar-refractivity contribution is 0.0929. The van der Waals surface area contributed by atoms with Crippen molar-refractivity contribution in [3.05, 3.63) is 47.2 Å². The minimum absolute atomic E-state index is 0.526. The summed E-state index contributed by atoms with van der Waals surface area (Å²) in [5.41, 5.74) is 2.78. The maximum Gasteiger partial charge on any atom is 0.130 e. The Morgan fingerprint density at radius 2 is 2.23 bits per heavy atom. The zero-order chi connectivity index (χ0) is 15.4. The van der Waals surface area contributed by atoms with Crippen molar-refractivity contribution in [2.24, 2.45) is 5.92 Å². The Labute approximate surface area is 135 Å². The predicted octanol–water partition coefficient (Wildman–Crippen LogP) is 3.37. The SMILES string of the molecule is Cc1nsc(N2CC[C@@H](COCc3ccccc3)C2)c1C#N. The van der Waals surface area contributed by atoms with Crippen LogP contribution in [0.4, 0.5) is 5.00 Å². The number of nitrogens with zero attached hydrogens (tertiary/aromatic N) is 3. The van der Waals surface area contributed by atoms with Gasteiger partial charge >= 0.3 is 0 Å². The van der Waals surface area contributed by atoms with E-state index in [4.69, 9.17) is 4.74 Å². The summed E-state index contributed by atoms with van der Waals surface area (Å²) in [6.45, 7) is 5.27. The fraction of sp³-hybridized carbons (Fsp3) is 0.412. The topological polar surface area (TPSA) is 49.2 Å². The van der Waals surface area contributed by atoms with Gasteiger partial charge in [-0.05, 0) is 30.4 Å².